The third-order valence-corrected chi connectivity index (χ3v) is 5.52. The van der Waals surface area contributed by atoms with Crippen LogP contribution in [0.1, 0.15) is 32.7 Å². The SMILES string of the molecule is C[C@@H]1CN(C(=O)CSc2nnc(-c3cccnc3)n2C2CC2)C[C@H](C)O1. The molecule has 2 aromatic heterocycles. The van der Waals surface area contributed by atoms with E-state index in [4.69, 9.17) is 4.74 Å². The number of morpholine rings is 1. The first-order valence-electron chi connectivity index (χ1n) is 9.03. The third kappa shape index (κ3) is 3.76. The molecule has 8 heteroatoms. The Morgan fingerprint density at radius 3 is 2.69 bits per heavy atom. The van der Waals surface area contributed by atoms with E-state index < -0.39 is 0 Å². The molecule has 26 heavy (non-hydrogen) atoms. The monoisotopic (exact) mass is 373 g/mol. The Labute approximate surface area is 157 Å². The Kier molecular flexibility index (Phi) is 4.95. The van der Waals surface area contributed by atoms with Crippen LogP contribution in [0.25, 0.3) is 11.4 Å². The molecule has 1 saturated carbocycles. The van der Waals surface area contributed by atoms with E-state index in [0.717, 1.165) is 29.4 Å². The molecule has 0 aromatic carbocycles. The second-order valence-electron chi connectivity index (χ2n) is 6.99. The van der Waals surface area contributed by atoms with E-state index in [0.29, 0.717) is 24.9 Å². The number of aromatic nitrogens is 4. The maximum Gasteiger partial charge on any atom is 0.233 e. The van der Waals surface area contributed by atoms with Gasteiger partial charge in [-0.25, -0.2) is 0 Å². The first-order valence-corrected chi connectivity index (χ1v) is 10.0. The molecule has 2 atom stereocenters. The van der Waals surface area contributed by atoms with E-state index in [9.17, 15) is 4.79 Å². The molecule has 1 saturated heterocycles. The van der Waals surface area contributed by atoms with Crippen LogP contribution in [0.15, 0.2) is 29.7 Å². The van der Waals surface area contributed by atoms with E-state index in [1.165, 1.54) is 11.8 Å². The number of hydrogen-bond donors (Lipinski definition) is 0. The van der Waals surface area contributed by atoms with Crippen LogP contribution in [-0.2, 0) is 9.53 Å². The Morgan fingerprint density at radius 2 is 2.04 bits per heavy atom. The van der Waals surface area contributed by atoms with Crippen LogP contribution in [0.5, 0.6) is 0 Å². The predicted octanol–water partition coefficient (Wildman–Crippen LogP) is 2.40. The topological polar surface area (TPSA) is 73.1 Å². The fourth-order valence-corrected chi connectivity index (χ4v) is 4.24. The van der Waals surface area contributed by atoms with Gasteiger partial charge in [0.1, 0.15) is 0 Å². The third-order valence-electron chi connectivity index (χ3n) is 4.59. The van der Waals surface area contributed by atoms with Crippen molar-refractivity contribution < 1.29 is 9.53 Å². The maximum atomic E-state index is 12.6. The van der Waals surface area contributed by atoms with Gasteiger partial charge in [-0.15, -0.1) is 10.2 Å². The molecule has 1 amide bonds. The zero-order valence-corrected chi connectivity index (χ0v) is 15.9. The minimum atomic E-state index is 0.0833. The Balaban J connectivity index is 1.47. The van der Waals surface area contributed by atoms with Crippen molar-refractivity contribution >= 4 is 17.7 Å². The molecule has 3 heterocycles. The van der Waals surface area contributed by atoms with E-state index in [-0.39, 0.29) is 18.1 Å². The molecule has 1 aliphatic carbocycles. The van der Waals surface area contributed by atoms with Gasteiger partial charge < -0.3 is 9.64 Å². The van der Waals surface area contributed by atoms with Crippen molar-refractivity contribution in [2.45, 2.75) is 50.1 Å². The lowest BCUT2D eigenvalue weighted by Crippen LogP contribution is -2.48. The summed E-state index contributed by atoms with van der Waals surface area (Å²) < 4.78 is 7.87. The zero-order valence-electron chi connectivity index (χ0n) is 15.0. The van der Waals surface area contributed by atoms with Gasteiger partial charge in [-0.3, -0.25) is 14.3 Å². The van der Waals surface area contributed by atoms with Gasteiger partial charge in [0, 0.05) is 37.1 Å². The summed E-state index contributed by atoms with van der Waals surface area (Å²) in [5.41, 5.74) is 0.959. The number of hydrogen-bond acceptors (Lipinski definition) is 6. The van der Waals surface area contributed by atoms with Crippen LogP contribution in [0.2, 0.25) is 0 Å². The fraction of sp³-hybridized carbons (Fsp3) is 0.556. The lowest BCUT2D eigenvalue weighted by molar-refractivity contribution is -0.140. The van der Waals surface area contributed by atoms with Crippen LogP contribution in [0.3, 0.4) is 0 Å². The Morgan fingerprint density at radius 1 is 1.27 bits per heavy atom. The van der Waals surface area contributed by atoms with Gasteiger partial charge >= 0.3 is 0 Å². The van der Waals surface area contributed by atoms with Crippen LogP contribution < -0.4 is 0 Å². The molecule has 138 valence electrons. The molecule has 2 aliphatic rings. The lowest BCUT2D eigenvalue weighted by atomic mass is 10.2. The fourth-order valence-electron chi connectivity index (χ4n) is 3.33. The zero-order chi connectivity index (χ0) is 18.1. The molecule has 0 spiro atoms. The second-order valence-corrected chi connectivity index (χ2v) is 7.94. The number of amides is 1. The van der Waals surface area contributed by atoms with Crippen LogP contribution in [0.4, 0.5) is 0 Å². The number of nitrogens with zero attached hydrogens (tertiary/aromatic N) is 5. The quantitative estimate of drug-likeness (QED) is 0.750. The van der Waals surface area contributed by atoms with Gasteiger partial charge in [-0.05, 0) is 38.8 Å². The van der Waals surface area contributed by atoms with Gasteiger partial charge in [0.05, 0.1) is 18.0 Å². The van der Waals surface area contributed by atoms with Gasteiger partial charge in [0.2, 0.25) is 5.91 Å². The van der Waals surface area contributed by atoms with Crippen molar-refractivity contribution in [3.8, 4) is 11.4 Å². The van der Waals surface area contributed by atoms with Gasteiger partial charge in [0.25, 0.3) is 0 Å². The molecule has 7 nitrogen and oxygen atoms in total. The van der Waals surface area contributed by atoms with Crippen molar-refractivity contribution in [1.29, 1.82) is 0 Å². The largest absolute Gasteiger partial charge is 0.372 e. The van der Waals surface area contributed by atoms with Gasteiger partial charge in [-0.2, -0.15) is 0 Å². The molecular weight excluding hydrogens is 350 g/mol. The highest BCUT2D eigenvalue weighted by molar-refractivity contribution is 7.99. The van der Waals surface area contributed by atoms with Crippen LogP contribution >= 0.6 is 11.8 Å². The van der Waals surface area contributed by atoms with Gasteiger partial charge in [0.15, 0.2) is 11.0 Å². The minimum Gasteiger partial charge on any atom is -0.372 e. The van der Waals surface area contributed by atoms with Crippen LogP contribution in [-0.4, -0.2) is 61.6 Å². The van der Waals surface area contributed by atoms with E-state index in [1.54, 1.807) is 12.4 Å². The summed E-state index contributed by atoms with van der Waals surface area (Å²) >= 11 is 1.47. The first-order chi connectivity index (χ1) is 12.6. The summed E-state index contributed by atoms with van der Waals surface area (Å²) in [6.07, 6.45) is 5.98. The number of thioether (sulfide) groups is 1. The summed E-state index contributed by atoms with van der Waals surface area (Å²) in [6, 6.07) is 4.32. The second kappa shape index (κ2) is 7.36. The predicted molar refractivity (Wildman–Crippen MR) is 98.8 cm³/mol. The molecular formula is C18H23N5O2S. The highest BCUT2D eigenvalue weighted by Gasteiger charge is 2.31. The van der Waals surface area contributed by atoms with Crippen molar-refractivity contribution in [3.63, 3.8) is 0 Å². The molecule has 2 fully saturated rings. The number of carbonyl (C=O) groups is 1. The molecule has 0 N–H and O–H groups in total. The van der Waals surface area contributed by atoms with E-state index in [1.807, 2.05) is 30.9 Å². The molecule has 2 aromatic rings. The highest BCUT2D eigenvalue weighted by Crippen LogP contribution is 2.40. The Hall–Kier alpha value is -1.93. The van der Waals surface area contributed by atoms with E-state index >= 15 is 0 Å². The van der Waals surface area contributed by atoms with Gasteiger partial charge in [-0.1, -0.05) is 11.8 Å². The number of ether oxygens (including phenoxy) is 1. The summed E-state index contributed by atoms with van der Waals surface area (Å²) in [5, 5.41) is 9.54. The standard InChI is InChI=1S/C18H23N5O2S/c1-12-9-22(10-13(2)25-12)16(24)11-26-18-21-20-17(23(18)15-5-6-15)14-4-3-7-19-8-14/h3-4,7-8,12-13,15H,5-6,9-11H2,1-2H3/t12-,13+. The molecule has 0 unspecified atom stereocenters. The molecule has 0 radical (unpaired) electrons. The number of pyridine rings is 1. The van der Waals surface area contributed by atoms with Crippen molar-refractivity contribution in [2.24, 2.45) is 0 Å². The van der Waals surface area contributed by atoms with Crippen LogP contribution in [0, 0.1) is 0 Å². The number of carbonyl (C=O) groups excluding carboxylic acids is 1. The summed E-state index contributed by atoms with van der Waals surface area (Å²) in [6.45, 7) is 5.32. The molecule has 1 aliphatic heterocycles. The smallest absolute Gasteiger partial charge is 0.233 e. The lowest BCUT2D eigenvalue weighted by Gasteiger charge is -2.35. The summed E-state index contributed by atoms with van der Waals surface area (Å²) in [7, 11) is 0. The maximum absolute atomic E-state index is 12.6. The average Bonchev–Trinajstić information content (AvgIpc) is 3.38. The summed E-state index contributed by atoms with van der Waals surface area (Å²) in [4.78, 5) is 18.7. The highest BCUT2D eigenvalue weighted by atomic mass is 32.2. The molecule has 4 rings (SSSR count). The van der Waals surface area contributed by atoms with E-state index in [2.05, 4.69) is 19.7 Å². The van der Waals surface area contributed by atoms with Crippen molar-refractivity contribution in [2.75, 3.05) is 18.8 Å². The normalized spacial score (nSPS) is 23.2. The minimum absolute atomic E-state index is 0.0833. The van der Waals surface area contributed by atoms with Crippen molar-refractivity contribution in [3.05, 3.63) is 24.5 Å². The summed E-state index contributed by atoms with van der Waals surface area (Å²) in [5.74, 6) is 1.34. The van der Waals surface area contributed by atoms with Crippen molar-refractivity contribution in [1.82, 2.24) is 24.6 Å². The number of rotatable bonds is 5. The first kappa shape index (κ1) is 17.5. The Bertz CT molecular complexity index is 767. The average molecular weight is 373 g/mol. The molecule has 0 bridgehead atoms.